The SMILES string of the molecule is O=C(c1ncoc1C1CC1)N1CCOCC(O)(CN2CCCC2)C1. The van der Waals surface area contributed by atoms with Crippen molar-refractivity contribution in [3.05, 3.63) is 17.8 Å². The fraction of sp³-hybridized carbons (Fsp3) is 0.765. The standard InChI is InChI=1S/C17H25N3O4/c21-16(14-15(13-3-4-13)24-12-18-14)20-7-8-23-11-17(22,10-20)9-19-5-1-2-6-19/h12-13,22H,1-11H2. The number of rotatable bonds is 4. The number of oxazole rings is 1. The number of ether oxygens (including phenoxy) is 1. The minimum Gasteiger partial charge on any atom is -0.447 e. The molecular formula is C17H25N3O4. The Balaban J connectivity index is 1.48. The van der Waals surface area contributed by atoms with Crippen LogP contribution >= 0.6 is 0 Å². The van der Waals surface area contributed by atoms with E-state index in [1.165, 1.54) is 19.2 Å². The first-order valence-corrected chi connectivity index (χ1v) is 8.90. The molecule has 24 heavy (non-hydrogen) atoms. The lowest BCUT2D eigenvalue weighted by molar-refractivity contribution is -0.0524. The highest BCUT2D eigenvalue weighted by Gasteiger charge is 2.39. The summed E-state index contributed by atoms with van der Waals surface area (Å²) in [5.74, 6) is 0.877. The van der Waals surface area contributed by atoms with Gasteiger partial charge in [0.05, 0.1) is 19.8 Å². The molecule has 7 nitrogen and oxygen atoms in total. The van der Waals surface area contributed by atoms with E-state index in [1.807, 2.05) is 0 Å². The molecule has 3 heterocycles. The second-order valence-corrected chi connectivity index (χ2v) is 7.33. The van der Waals surface area contributed by atoms with Gasteiger partial charge >= 0.3 is 0 Å². The molecule has 1 amide bonds. The van der Waals surface area contributed by atoms with Gasteiger partial charge in [0, 0.05) is 19.0 Å². The molecule has 1 atom stereocenters. The summed E-state index contributed by atoms with van der Waals surface area (Å²) in [5.41, 5.74) is -0.622. The van der Waals surface area contributed by atoms with Crippen LogP contribution in [0.3, 0.4) is 0 Å². The van der Waals surface area contributed by atoms with E-state index >= 15 is 0 Å². The molecule has 0 aromatic carbocycles. The third kappa shape index (κ3) is 3.34. The highest BCUT2D eigenvalue weighted by atomic mass is 16.5. The predicted molar refractivity (Wildman–Crippen MR) is 85.8 cm³/mol. The van der Waals surface area contributed by atoms with Crippen molar-refractivity contribution in [2.45, 2.75) is 37.2 Å². The highest BCUT2D eigenvalue weighted by molar-refractivity contribution is 5.93. The third-order valence-electron chi connectivity index (χ3n) is 5.11. The van der Waals surface area contributed by atoms with Crippen LogP contribution in [0.4, 0.5) is 0 Å². The smallest absolute Gasteiger partial charge is 0.276 e. The molecule has 1 unspecified atom stereocenters. The Morgan fingerprint density at radius 3 is 2.88 bits per heavy atom. The number of hydrogen-bond donors (Lipinski definition) is 1. The van der Waals surface area contributed by atoms with Crippen LogP contribution in [0, 0.1) is 0 Å². The Morgan fingerprint density at radius 1 is 1.33 bits per heavy atom. The molecule has 1 aliphatic carbocycles. The van der Waals surface area contributed by atoms with Gasteiger partial charge in [0.2, 0.25) is 0 Å². The van der Waals surface area contributed by atoms with Gasteiger partial charge in [0.15, 0.2) is 12.1 Å². The zero-order chi connectivity index (χ0) is 16.6. The van der Waals surface area contributed by atoms with Crippen LogP contribution in [-0.4, -0.2) is 77.3 Å². The van der Waals surface area contributed by atoms with Crippen molar-refractivity contribution in [3.63, 3.8) is 0 Å². The van der Waals surface area contributed by atoms with Crippen molar-refractivity contribution in [2.24, 2.45) is 0 Å². The lowest BCUT2D eigenvalue weighted by atomic mass is 10.0. The van der Waals surface area contributed by atoms with Crippen LogP contribution in [-0.2, 0) is 4.74 Å². The number of nitrogens with zero attached hydrogens (tertiary/aromatic N) is 3. The summed E-state index contributed by atoms with van der Waals surface area (Å²) in [4.78, 5) is 21.0. The molecule has 132 valence electrons. The molecule has 0 spiro atoms. The summed E-state index contributed by atoms with van der Waals surface area (Å²) >= 11 is 0. The van der Waals surface area contributed by atoms with E-state index in [1.54, 1.807) is 4.90 Å². The van der Waals surface area contributed by atoms with Crippen molar-refractivity contribution in [1.29, 1.82) is 0 Å². The highest BCUT2D eigenvalue weighted by Crippen LogP contribution is 2.41. The molecular weight excluding hydrogens is 310 g/mol. The quantitative estimate of drug-likeness (QED) is 0.879. The summed E-state index contributed by atoms with van der Waals surface area (Å²) in [6.07, 6.45) is 5.80. The first-order chi connectivity index (χ1) is 11.6. The van der Waals surface area contributed by atoms with Crippen LogP contribution in [0.15, 0.2) is 10.8 Å². The summed E-state index contributed by atoms with van der Waals surface area (Å²) in [5, 5.41) is 11.0. The first-order valence-electron chi connectivity index (χ1n) is 8.90. The third-order valence-corrected chi connectivity index (χ3v) is 5.11. The van der Waals surface area contributed by atoms with Gasteiger partial charge in [-0.15, -0.1) is 0 Å². The summed E-state index contributed by atoms with van der Waals surface area (Å²) < 4.78 is 11.0. The number of carbonyl (C=O) groups excluding carboxylic acids is 1. The van der Waals surface area contributed by atoms with Crippen molar-refractivity contribution in [3.8, 4) is 0 Å². The van der Waals surface area contributed by atoms with Gasteiger partial charge in [-0.05, 0) is 38.8 Å². The fourth-order valence-electron chi connectivity index (χ4n) is 3.74. The molecule has 2 saturated heterocycles. The topological polar surface area (TPSA) is 79.0 Å². The lowest BCUT2D eigenvalue weighted by Crippen LogP contribution is -2.53. The predicted octanol–water partition coefficient (Wildman–Crippen LogP) is 0.851. The second-order valence-electron chi connectivity index (χ2n) is 7.33. The van der Waals surface area contributed by atoms with Gasteiger partial charge in [0.25, 0.3) is 5.91 Å². The van der Waals surface area contributed by atoms with Crippen molar-refractivity contribution in [2.75, 3.05) is 45.9 Å². The minimum absolute atomic E-state index is 0.156. The second kappa shape index (κ2) is 6.46. The van der Waals surface area contributed by atoms with Crippen LogP contribution < -0.4 is 0 Å². The number of carbonyl (C=O) groups is 1. The van der Waals surface area contributed by atoms with E-state index in [-0.39, 0.29) is 19.1 Å². The van der Waals surface area contributed by atoms with Gasteiger partial charge < -0.3 is 24.1 Å². The zero-order valence-corrected chi connectivity index (χ0v) is 13.9. The molecule has 0 radical (unpaired) electrons. The van der Waals surface area contributed by atoms with E-state index < -0.39 is 5.60 Å². The molecule has 3 aliphatic rings. The molecule has 2 aliphatic heterocycles. The summed E-state index contributed by atoms with van der Waals surface area (Å²) in [6.45, 7) is 4.01. The average molecular weight is 335 g/mol. The van der Waals surface area contributed by atoms with Crippen LogP contribution in [0.25, 0.3) is 0 Å². The molecule has 1 aromatic rings. The molecule has 0 bridgehead atoms. The van der Waals surface area contributed by atoms with E-state index in [4.69, 9.17) is 9.15 Å². The zero-order valence-electron chi connectivity index (χ0n) is 13.9. The van der Waals surface area contributed by atoms with Crippen molar-refractivity contribution < 1.29 is 19.1 Å². The maximum atomic E-state index is 12.9. The molecule has 3 fully saturated rings. The van der Waals surface area contributed by atoms with E-state index in [0.29, 0.717) is 37.1 Å². The maximum Gasteiger partial charge on any atom is 0.276 e. The molecule has 1 saturated carbocycles. The summed E-state index contributed by atoms with van der Waals surface area (Å²) in [6, 6.07) is 0. The number of aliphatic hydroxyl groups is 1. The number of hydrogen-bond acceptors (Lipinski definition) is 6. The van der Waals surface area contributed by atoms with Gasteiger partial charge in [-0.3, -0.25) is 4.79 Å². The Kier molecular flexibility index (Phi) is 4.32. The van der Waals surface area contributed by atoms with Gasteiger partial charge in [-0.25, -0.2) is 4.98 Å². The Labute approximate surface area is 141 Å². The largest absolute Gasteiger partial charge is 0.447 e. The Bertz CT molecular complexity index is 594. The number of aromatic nitrogens is 1. The van der Waals surface area contributed by atoms with Crippen LogP contribution in [0.5, 0.6) is 0 Å². The van der Waals surface area contributed by atoms with E-state index in [0.717, 1.165) is 25.9 Å². The van der Waals surface area contributed by atoms with Gasteiger partial charge in [-0.2, -0.15) is 0 Å². The number of β-amino-alcohol motifs (C(OH)–C–C–N with tert-alkyl or cyclic N) is 1. The molecule has 7 heteroatoms. The van der Waals surface area contributed by atoms with Crippen molar-refractivity contribution >= 4 is 5.91 Å². The van der Waals surface area contributed by atoms with E-state index in [2.05, 4.69) is 9.88 Å². The average Bonchev–Trinajstić information content (AvgIpc) is 3.13. The molecule has 1 aromatic heterocycles. The van der Waals surface area contributed by atoms with Crippen molar-refractivity contribution in [1.82, 2.24) is 14.8 Å². The molecule has 1 N–H and O–H groups in total. The monoisotopic (exact) mass is 335 g/mol. The number of amides is 1. The van der Waals surface area contributed by atoms with Crippen LogP contribution in [0.2, 0.25) is 0 Å². The van der Waals surface area contributed by atoms with E-state index in [9.17, 15) is 9.90 Å². The fourth-order valence-corrected chi connectivity index (χ4v) is 3.74. The Morgan fingerprint density at radius 2 is 2.12 bits per heavy atom. The van der Waals surface area contributed by atoms with Crippen LogP contribution in [0.1, 0.15) is 47.8 Å². The lowest BCUT2D eigenvalue weighted by Gasteiger charge is -2.33. The molecule has 4 rings (SSSR count). The number of likely N-dealkylation sites (tertiary alicyclic amines) is 1. The summed E-state index contributed by atoms with van der Waals surface area (Å²) in [7, 11) is 0. The normalized spacial score (nSPS) is 29.0. The van der Waals surface area contributed by atoms with Gasteiger partial charge in [-0.1, -0.05) is 0 Å². The minimum atomic E-state index is -1.03. The maximum absolute atomic E-state index is 12.9. The van der Waals surface area contributed by atoms with Gasteiger partial charge in [0.1, 0.15) is 11.4 Å². The first kappa shape index (κ1) is 16.1. The Hall–Kier alpha value is -1.44.